The zero-order chi connectivity index (χ0) is 7.56. The van der Waals surface area contributed by atoms with Gasteiger partial charge in [-0.25, -0.2) is 4.98 Å². The molecule has 3 nitrogen and oxygen atoms in total. The molecule has 0 aliphatic carbocycles. The minimum atomic E-state index is -0.0617. The number of rotatable bonds is 2. The molecule has 1 aromatic heterocycles. The van der Waals surface area contributed by atoms with Gasteiger partial charge in [0.1, 0.15) is 5.76 Å². The van der Waals surface area contributed by atoms with Crippen LogP contribution >= 0.6 is 24.2 Å². The molecule has 1 rings (SSSR count). The summed E-state index contributed by atoms with van der Waals surface area (Å²) >= 11 is 1.47. The Morgan fingerprint density at radius 2 is 2.36 bits per heavy atom. The Morgan fingerprint density at radius 1 is 1.73 bits per heavy atom. The van der Waals surface area contributed by atoms with Crippen molar-refractivity contribution in [3.05, 3.63) is 12.0 Å². The first-order valence-corrected chi connectivity index (χ1v) is 4.22. The van der Waals surface area contributed by atoms with Gasteiger partial charge in [0.05, 0.1) is 12.2 Å². The van der Waals surface area contributed by atoms with Gasteiger partial charge in [-0.2, -0.15) is 0 Å². The third-order valence-electron chi connectivity index (χ3n) is 1.13. The maximum Gasteiger partial charge on any atom is 0.255 e. The van der Waals surface area contributed by atoms with Crippen molar-refractivity contribution in [3.63, 3.8) is 0 Å². The van der Waals surface area contributed by atoms with Gasteiger partial charge in [-0.05, 0) is 13.2 Å². The van der Waals surface area contributed by atoms with Crippen molar-refractivity contribution in [2.75, 3.05) is 6.26 Å². The third kappa shape index (κ3) is 2.73. The summed E-state index contributed by atoms with van der Waals surface area (Å²) in [6.45, 7) is 1.87. The van der Waals surface area contributed by atoms with Crippen LogP contribution in [-0.4, -0.2) is 11.2 Å². The van der Waals surface area contributed by atoms with Gasteiger partial charge in [-0.15, -0.1) is 12.4 Å². The molecule has 0 unspecified atom stereocenters. The number of nitrogens with two attached hydrogens (primary N) is 1. The van der Waals surface area contributed by atoms with Gasteiger partial charge in [-0.1, -0.05) is 11.8 Å². The Hall–Kier alpha value is -0.190. The van der Waals surface area contributed by atoms with Gasteiger partial charge in [0, 0.05) is 0 Å². The molecule has 1 heterocycles. The molecule has 0 radical (unpaired) electrons. The van der Waals surface area contributed by atoms with E-state index in [0.29, 0.717) is 5.22 Å². The Labute approximate surface area is 76.2 Å². The van der Waals surface area contributed by atoms with Gasteiger partial charge in [0.15, 0.2) is 0 Å². The van der Waals surface area contributed by atoms with E-state index in [1.54, 1.807) is 6.20 Å². The molecule has 5 heteroatoms. The SMILES string of the molecule is CSc1ncc([C@H](C)N)o1.Cl. The molecule has 0 aliphatic heterocycles. The number of aromatic nitrogens is 1. The van der Waals surface area contributed by atoms with Crippen LogP contribution in [0.4, 0.5) is 0 Å². The van der Waals surface area contributed by atoms with Gasteiger partial charge < -0.3 is 10.2 Å². The smallest absolute Gasteiger partial charge is 0.255 e. The maximum atomic E-state index is 5.54. The van der Waals surface area contributed by atoms with E-state index < -0.39 is 0 Å². The predicted molar refractivity (Wildman–Crippen MR) is 48.1 cm³/mol. The van der Waals surface area contributed by atoms with E-state index in [2.05, 4.69) is 4.98 Å². The van der Waals surface area contributed by atoms with Crippen LogP contribution in [0, 0.1) is 0 Å². The second kappa shape index (κ2) is 4.64. The molecular formula is C6H11ClN2OS. The number of thioether (sulfide) groups is 1. The van der Waals surface area contributed by atoms with Crippen LogP contribution in [0.3, 0.4) is 0 Å². The van der Waals surface area contributed by atoms with Crippen molar-refractivity contribution in [1.29, 1.82) is 0 Å². The summed E-state index contributed by atoms with van der Waals surface area (Å²) in [7, 11) is 0. The highest BCUT2D eigenvalue weighted by Crippen LogP contribution is 2.17. The lowest BCUT2D eigenvalue weighted by Gasteiger charge is -1.95. The lowest BCUT2D eigenvalue weighted by atomic mass is 10.3. The fourth-order valence-corrected chi connectivity index (χ4v) is 0.912. The predicted octanol–water partition coefficient (Wildman–Crippen LogP) is 1.84. The monoisotopic (exact) mass is 194 g/mol. The molecule has 0 saturated carbocycles. The number of halogens is 1. The topological polar surface area (TPSA) is 52.0 Å². The molecule has 1 atom stereocenters. The molecule has 1 aromatic rings. The number of oxazole rings is 1. The third-order valence-corrected chi connectivity index (χ3v) is 1.66. The first kappa shape index (κ1) is 10.8. The van der Waals surface area contributed by atoms with Crippen molar-refractivity contribution in [2.45, 2.75) is 18.2 Å². The van der Waals surface area contributed by atoms with E-state index in [1.165, 1.54) is 11.8 Å². The maximum absolute atomic E-state index is 5.54. The molecule has 11 heavy (non-hydrogen) atoms. The average molecular weight is 195 g/mol. The van der Waals surface area contributed by atoms with Crippen LogP contribution in [0.15, 0.2) is 15.8 Å². The summed E-state index contributed by atoms with van der Waals surface area (Å²) in [6.07, 6.45) is 3.58. The first-order valence-electron chi connectivity index (χ1n) is 2.99. The van der Waals surface area contributed by atoms with E-state index >= 15 is 0 Å². The fourth-order valence-electron chi connectivity index (χ4n) is 0.575. The number of hydrogen-bond donors (Lipinski definition) is 1. The lowest BCUT2D eigenvalue weighted by molar-refractivity contribution is 0.399. The minimum Gasteiger partial charge on any atom is -0.435 e. The zero-order valence-corrected chi connectivity index (χ0v) is 8.04. The minimum absolute atomic E-state index is 0. The summed E-state index contributed by atoms with van der Waals surface area (Å²) in [5.74, 6) is 0.740. The fraction of sp³-hybridized carbons (Fsp3) is 0.500. The molecule has 0 fully saturated rings. The Morgan fingerprint density at radius 3 is 2.64 bits per heavy atom. The highest BCUT2D eigenvalue weighted by Gasteiger charge is 2.05. The molecular weight excluding hydrogens is 184 g/mol. The van der Waals surface area contributed by atoms with Crippen LogP contribution < -0.4 is 5.73 Å². The normalized spacial score (nSPS) is 12.3. The molecule has 0 saturated heterocycles. The van der Waals surface area contributed by atoms with E-state index in [-0.39, 0.29) is 18.4 Å². The van der Waals surface area contributed by atoms with Crippen LogP contribution in [0.5, 0.6) is 0 Å². The standard InChI is InChI=1S/C6H10N2OS.ClH/c1-4(7)5-3-8-6(9-5)10-2;/h3-4H,7H2,1-2H3;1H/t4-;/m0./s1. The summed E-state index contributed by atoms with van der Waals surface area (Å²) in [5, 5.41) is 0.673. The molecule has 0 aliphatic rings. The van der Waals surface area contributed by atoms with Crippen molar-refractivity contribution in [2.24, 2.45) is 5.73 Å². The van der Waals surface area contributed by atoms with Crippen molar-refractivity contribution >= 4 is 24.2 Å². The first-order chi connectivity index (χ1) is 4.74. The Balaban J connectivity index is 0.000001000. The lowest BCUT2D eigenvalue weighted by Crippen LogP contribution is -2.02. The van der Waals surface area contributed by atoms with Crippen molar-refractivity contribution < 1.29 is 4.42 Å². The van der Waals surface area contributed by atoms with E-state index in [1.807, 2.05) is 13.2 Å². The van der Waals surface area contributed by atoms with Gasteiger partial charge in [0.2, 0.25) is 0 Å². The molecule has 2 N–H and O–H groups in total. The second-order valence-corrected chi connectivity index (χ2v) is 2.78. The summed E-state index contributed by atoms with van der Waals surface area (Å²) in [6, 6.07) is -0.0617. The summed E-state index contributed by atoms with van der Waals surface area (Å²) < 4.78 is 5.22. The van der Waals surface area contributed by atoms with Crippen molar-refractivity contribution in [1.82, 2.24) is 4.98 Å². The average Bonchev–Trinajstić information content (AvgIpc) is 2.34. The number of nitrogens with zero attached hydrogens (tertiary/aromatic N) is 1. The van der Waals surface area contributed by atoms with Gasteiger partial charge in [-0.3, -0.25) is 0 Å². The van der Waals surface area contributed by atoms with E-state index in [9.17, 15) is 0 Å². The molecule has 0 bridgehead atoms. The van der Waals surface area contributed by atoms with Crippen LogP contribution in [0.2, 0.25) is 0 Å². The second-order valence-electron chi connectivity index (χ2n) is 2.02. The van der Waals surface area contributed by atoms with E-state index in [0.717, 1.165) is 5.76 Å². The Bertz CT molecular complexity index is 214. The van der Waals surface area contributed by atoms with Crippen LogP contribution in [0.1, 0.15) is 18.7 Å². The molecule has 0 spiro atoms. The molecule has 0 amide bonds. The highest BCUT2D eigenvalue weighted by atomic mass is 35.5. The largest absolute Gasteiger partial charge is 0.435 e. The number of hydrogen-bond acceptors (Lipinski definition) is 4. The molecule has 64 valence electrons. The van der Waals surface area contributed by atoms with Crippen LogP contribution in [0.25, 0.3) is 0 Å². The van der Waals surface area contributed by atoms with Crippen molar-refractivity contribution in [3.8, 4) is 0 Å². The Kier molecular flexibility index (Phi) is 4.56. The van der Waals surface area contributed by atoms with E-state index in [4.69, 9.17) is 10.2 Å². The van der Waals surface area contributed by atoms with Crippen LogP contribution in [-0.2, 0) is 0 Å². The molecule has 0 aromatic carbocycles. The van der Waals surface area contributed by atoms with Gasteiger partial charge >= 0.3 is 0 Å². The summed E-state index contributed by atoms with van der Waals surface area (Å²) in [4.78, 5) is 3.97. The highest BCUT2D eigenvalue weighted by molar-refractivity contribution is 7.98. The zero-order valence-electron chi connectivity index (χ0n) is 6.40. The summed E-state index contributed by atoms with van der Waals surface area (Å²) in [5.41, 5.74) is 5.54. The van der Waals surface area contributed by atoms with Gasteiger partial charge in [0.25, 0.3) is 5.22 Å². The quantitative estimate of drug-likeness (QED) is 0.730.